The van der Waals surface area contributed by atoms with Crippen molar-refractivity contribution in [1.82, 2.24) is 27.4 Å². The van der Waals surface area contributed by atoms with Crippen LogP contribution in [0, 0.1) is 0 Å². The second kappa shape index (κ2) is 33.8. The molecule has 0 fully saturated rings. The maximum Gasteiger partial charge on any atom is 0.0547 e. The van der Waals surface area contributed by atoms with Crippen LogP contribution in [0.3, 0.4) is 0 Å². The Labute approximate surface area is 808 Å². The molecule has 654 valence electrons. The van der Waals surface area contributed by atoms with Gasteiger partial charge in [-0.2, -0.15) is 0 Å². The van der Waals surface area contributed by atoms with Crippen molar-refractivity contribution in [2.24, 2.45) is 0 Å². The molecule has 0 bridgehead atoms. The largest absolute Gasteiger partial charge is 0.309 e. The summed E-state index contributed by atoms with van der Waals surface area (Å²) in [5, 5.41) is 20.1. The first kappa shape index (κ1) is 81.0. The topological polar surface area (TPSA) is 29.6 Å². The van der Waals surface area contributed by atoms with Crippen molar-refractivity contribution in [2.45, 2.75) is 0 Å². The van der Waals surface area contributed by atoms with Crippen LogP contribution in [0.4, 0.5) is 0 Å². The summed E-state index contributed by atoms with van der Waals surface area (Å²) in [6.07, 6.45) is 0. The van der Waals surface area contributed by atoms with Gasteiger partial charge in [0.25, 0.3) is 0 Å². The number of rotatable bonds is 12. The fraction of sp³-hybridized carbons (Fsp3) is 0. The van der Waals surface area contributed by atoms with Crippen molar-refractivity contribution in [3.8, 4) is 101 Å². The van der Waals surface area contributed by atoms with E-state index in [1.165, 1.54) is 236 Å². The SMILES string of the molecule is c1ccc(-c2ccc(-n3c4ccccc4c4ccc(-c5ccc6c(c5)c5ccccc5n6-c5ccc6ccccc6c5)cc43)cc2)cc1.c1ccc(-c2ccc(-n3c4ccccc4c4ccc(-c5ccc6c(c5)c5ccccc5n6-c5cccc6ccccc56)cc43)cc2)cc1.c1ccc(-c2ccc(-n3c4ccccc4c4ccc(-c5ccc6c(c5)c5ccccc5n6-c5ccccc5)cc43)cc2)cc1. The van der Waals surface area contributed by atoms with E-state index in [4.69, 9.17) is 0 Å². The summed E-state index contributed by atoms with van der Waals surface area (Å²) in [6.45, 7) is 0. The van der Waals surface area contributed by atoms with Gasteiger partial charge in [0.1, 0.15) is 0 Å². The van der Waals surface area contributed by atoms with Crippen molar-refractivity contribution in [1.29, 1.82) is 0 Å². The van der Waals surface area contributed by atoms with Crippen LogP contribution in [-0.2, 0) is 0 Å². The number of hydrogen-bond donors (Lipinski definition) is 0. The Bertz CT molecular complexity index is 9890. The zero-order valence-electron chi connectivity index (χ0n) is 76.5. The van der Waals surface area contributed by atoms with Crippen molar-refractivity contribution in [3.05, 3.63) is 534 Å². The lowest BCUT2D eigenvalue weighted by molar-refractivity contribution is 1.18. The summed E-state index contributed by atoms with van der Waals surface area (Å²) < 4.78 is 14.4. The average molecular weight is 1780 g/mol. The molecule has 0 saturated heterocycles. The predicted octanol–water partition coefficient (Wildman–Crippen LogP) is 36.0. The zero-order valence-corrected chi connectivity index (χ0v) is 76.5. The lowest BCUT2D eigenvalue weighted by atomic mass is 10.0. The molecule has 0 N–H and O–H groups in total. The normalized spacial score (nSPS) is 11.7. The van der Waals surface area contributed by atoms with Crippen molar-refractivity contribution < 1.29 is 0 Å². The molecule has 29 aromatic rings. The summed E-state index contributed by atoms with van der Waals surface area (Å²) in [6, 6.07) is 194. The lowest BCUT2D eigenvalue weighted by Gasteiger charge is -2.12. The number of aromatic nitrogens is 6. The number of para-hydroxylation sites is 7. The molecule has 0 radical (unpaired) electrons. The zero-order chi connectivity index (χ0) is 92.2. The third-order valence-electron chi connectivity index (χ3n) is 28.8. The number of nitrogens with zero attached hydrogens (tertiary/aromatic N) is 6. The maximum atomic E-state index is 2.43. The Morgan fingerprint density at radius 2 is 0.321 bits per heavy atom. The molecule has 140 heavy (non-hydrogen) atoms. The van der Waals surface area contributed by atoms with Crippen molar-refractivity contribution >= 4 is 152 Å². The average Bonchev–Trinajstić information content (AvgIpc) is 1.58. The van der Waals surface area contributed by atoms with Gasteiger partial charge in [-0.25, -0.2) is 0 Å². The van der Waals surface area contributed by atoms with Gasteiger partial charge in [0.2, 0.25) is 0 Å². The molecule has 6 aromatic heterocycles. The van der Waals surface area contributed by atoms with Gasteiger partial charge in [-0.15, -0.1) is 0 Å². The first-order valence-corrected chi connectivity index (χ1v) is 48.2. The Hall–Kier alpha value is -18.6. The minimum Gasteiger partial charge on any atom is -0.309 e. The van der Waals surface area contributed by atoms with Gasteiger partial charge >= 0.3 is 0 Å². The molecule has 0 saturated carbocycles. The molecular weight excluding hydrogens is 1690 g/mol. The summed E-state index contributed by atoms with van der Waals surface area (Å²) in [7, 11) is 0. The molecule has 6 nitrogen and oxygen atoms in total. The summed E-state index contributed by atoms with van der Waals surface area (Å²) >= 11 is 0. The van der Waals surface area contributed by atoms with Gasteiger partial charge in [-0.05, 0) is 241 Å². The lowest BCUT2D eigenvalue weighted by Crippen LogP contribution is -1.95. The fourth-order valence-corrected chi connectivity index (χ4v) is 22.2. The molecule has 23 aromatic carbocycles. The molecule has 0 aliphatic carbocycles. The number of benzene rings is 23. The van der Waals surface area contributed by atoms with Crippen LogP contribution in [-0.4, -0.2) is 27.4 Å². The summed E-state index contributed by atoms with van der Waals surface area (Å²) in [5.74, 6) is 0. The van der Waals surface area contributed by atoms with Crippen LogP contribution in [0.2, 0.25) is 0 Å². The van der Waals surface area contributed by atoms with Crippen LogP contribution in [0.5, 0.6) is 0 Å². The van der Waals surface area contributed by atoms with Gasteiger partial charge in [0.15, 0.2) is 0 Å². The quantitative estimate of drug-likeness (QED) is 0.117. The van der Waals surface area contributed by atoms with Crippen LogP contribution in [0.15, 0.2) is 534 Å². The highest BCUT2D eigenvalue weighted by molar-refractivity contribution is 6.18. The van der Waals surface area contributed by atoms with Crippen LogP contribution >= 0.6 is 0 Å². The highest BCUT2D eigenvalue weighted by Gasteiger charge is 2.24. The van der Waals surface area contributed by atoms with Gasteiger partial charge in [-0.1, -0.05) is 376 Å². The predicted molar refractivity (Wildman–Crippen MR) is 593 cm³/mol. The minimum atomic E-state index is 1.16. The molecule has 0 atom stereocenters. The van der Waals surface area contributed by atoms with E-state index in [-0.39, 0.29) is 0 Å². The van der Waals surface area contributed by atoms with E-state index >= 15 is 0 Å². The molecule has 0 amide bonds. The number of hydrogen-bond acceptors (Lipinski definition) is 0. The van der Waals surface area contributed by atoms with Crippen molar-refractivity contribution in [3.63, 3.8) is 0 Å². The van der Waals surface area contributed by atoms with E-state index in [2.05, 4.69) is 561 Å². The van der Waals surface area contributed by atoms with E-state index in [1.54, 1.807) is 0 Å². The highest BCUT2D eigenvalue weighted by atomic mass is 15.0. The summed E-state index contributed by atoms with van der Waals surface area (Å²) in [5.41, 5.74) is 36.2. The minimum absolute atomic E-state index is 1.16. The van der Waals surface area contributed by atoms with E-state index in [0.717, 1.165) is 17.1 Å². The first-order valence-electron chi connectivity index (χ1n) is 48.2. The number of fused-ring (bicyclic) bond motifs is 20. The molecule has 0 aliphatic heterocycles. The first-order chi connectivity index (χ1) is 69.4. The van der Waals surface area contributed by atoms with E-state index in [9.17, 15) is 0 Å². The Kier molecular flexibility index (Phi) is 19.5. The van der Waals surface area contributed by atoms with Crippen LogP contribution < -0.4 is 0 Å². The second-order valence-electron chi connectivity index (χ2n) is 36.6. The molecule has 0 aliphatic rings. The molecular formula is C134H88N6. The monoisotopic (exact) mass is 1780 g/mol. The fourth-order valence-electron chi connectivity index (χ4n) is 22.2. The maximum absolute atomic E-state index is 2.43. The van der Waals surface area contributed by atoms with Crippen LogP contribution in [0.1, 0.15) is 0 Å². The van der Waals surface area contributed by atoms with E-state index < -0.39 is 0 Å². The standard InChI is InChI=1S/2C46H30N2.C42H28N2/c1-2-11-31(12-3-1)32-21-25-36(26-22-32)47-43-18-8-6-16-38(43)40-27-23-35(30-46(40)47)34-24-28-45-41(29-34)39-17-7-9-19-44(39)48(45)42-20-10-14-33-13-4-5-15-37(33)42;1-2-10-31(11-3-1)33-18-23-37(24-19-33)47-43-16-8-6-14-39(43)41-26-21-36(30-46(41)47)35-22-27-45-42(29-35)40-15-7-9-17-44(40)48(45)38-25-20-32-12-4-5-13-34(32)28-38;1-3-11-29(12-4-1)30-19-23-34(24-20-30)44-39-17-9-7-15-35(39)37-25-21-32(28-42(37)44)31-22-26-41-38(27-31)36-16-8-10-18-40(36)43(41)33-13-5-2-6-14-33/h2*1-30H;1-28H. The molecule has 0 unspecified atom stereocenters. The van der Waals surface area contributed by atoms with Gasteiger partial charge in [0.05, 0.1) is 71.9 Å². The molecule has 29 rings (SSSR count). The highest BCUT2D eigenvalue weighted by Crippen LogP contribution is 2.46. The Morgan fingerprint density at radius 3 is 0.700 bits per heavy atom. The molecule has 0 spiro atoms. The molecule has 6 heteroatoms. The third kappa shape index (κ3) is 13.8. The van der Waals surface area contributed by atoms with Crippen molar-refractivity contribution in [2.75, 3.05) is 0 Å². The summed E-state index contributed by atoms with van der Waals surface area (Å²) in [4.78, 5) is 0. The second-order valence-corrected chi connectivity index (χ2v) is 36.6. The third-order valence-corrected chi connectivity index (χ3v) is 28.8. The van der Waals surface area contributed by atoms with Gasteiger partial charge < -0.3 is 27.4 Å². The Morgan fingerprint density at radius 1 is 0.0929 bits per heavy atom. The van der Waals surface area contributed by atoms with Crippen LogP contribution in [0.25, 0.3) is 253 Å². The van der Waals surface area contributed by atoms with E-state index in [1.807, 2.05) is 0 Å². The van der Waals surface area contributed by atoms with Gasteiger partial charge in [0, 0.05) is 98.5 Å². The Balaban J connectivity index is 0.000000106. The smallest absolute Gasteiger partial charge is 0.0547 e. The molecule has 6 heterocycles. The van der Waals surface area contributed by atoms with E-state index in [0.29, 0.717) is 0 Å². The van der Waals surface area contributed by atoms with Gasteiger partial charge in [-0.3, -0.25) is 0 Å².